The minimum absolute atomic E-state index is 0.131. The van der Waals surface area contributed by atoms with Gasteiger partial charge in [-0.15, -0.1) is 0 Å². The van der Waals surface area contributed by atoms with Gasteiger partial charge in [0, 0.05) is 11.1 Å². The number of rotatable bonds is 5. The van der Waals surface area contributed by atoms with Gasteiger partial charge in [-0.1, -0.05) is 60.7 Å². The molecule has 186 valence electrons. The van der Waals surface area contributed by atoms with Crippen molar-refractivity contribution in [2.75, 3.05) is 0 Å². The molecule has 0 unspecified atom stereocenters. The molecule has 0 aliphatic carbocycles. The maximum atomic E-state index is 13.7. The van der Waals surface area contributed by atoms with Crippen LogP contribution in [-0.2, 0) is 0 Å². The van der Waals surface area contributed by atoms with Gasteiger partial charge in [-0.2, -0.15) is 0 Å². The zero-order valence-corrected chi connectivity index (χ0v) is 19.8. The Morgan fingerprint density at radius 3 is 0.974 bits per heavy atom. The summed E-state index contributed by atoms with van der Waals surface area (Å²) in [7, 11) is 0. The maximum absolute atomic E-state index is 13.7. The van der Waals surface area contributed by atoms with E-state index in [2.05, 4.69) is 0 Å². The fourth-order valence-electron chi connectivity index (χ4n) is 5.30. The van der Waals surface area contributed by atoms with Crippen LogP contribution in [0.3, 0.4) is 0 Å². The van der Waals surface area contributed by atoms with Gasteiger partial charge in [-0.25, -0.2) is 0 Å². The van der Waals surface area contributed by atoms with Crippen LogP contribution < -0.4 is 0 Å². The third-order valence-electron chi connectivity index (χ3n) is 7.02. The molecule has 0 saturated carbocycles. The SMILES string of the molecule is O=C1c2ccccc2C(=O)N1[C@@H](c1ccccc1O)[C@H](c1ccccc1O)N1C(=O)c2ccccc2C1=O. The van der Waals surface area contributed by atoms with Gasteiger partial charge in [-0.3, -0.25) is 29.0 Å². The van der Waals surface area contributed by atoms with Crippen molar-refractivity contribution in [3.05, 3.63) is 130 Å². The second-order valence-corrected chi connectivity index (χ2v) is 9.06. The minimum Gasteiger partial charge on any atom is -0.508 e. The fourth-order valence-corrected chi connectivity index (χ4v) is 5.30. The van der Waals surface area contributed by atoms with E-state index < -0.39 is 35.7 Å². The topological polar surface area (TPSA) is 115 Å². The molecule has 0 saturated heterocycles. The molecule has 0 bridgehead atoms. The first kappa shape index (κ1) is 23.2. The van der Waals surface area contributed by atoms with E-state index in [0.717, 1.165) is 9.80 Å². The first-order valence-corrected chi connectivity index (χ1v) is 11.9. The molecule has 2 heterocycles. The van der Waals surface area contributed by atoms with E-state index in [0.29, 0.717) is 0 Å². The van der Waals surface area contributed by atoms with Gasteiger partial charge in [0.15, 0.2) is 0 Å². The Bertz CT molecular complexity index is 1470. The van der Waals surface area contributed by atoms with Crippen LogP contribution in [-0.4, -0.2) is 43.6 Å². The van der Waals surface area contributed by atoms with E-state index >= 15 is 0 Å². The number of phenols is 2. The van der Waals surface area contributed by atoms with Gasteiger partial charge in [0.2, 0.25) is 0 Å². The summed E-state index contributed by atoms with van der Waals surface area (Å²) in [5.74, 6) is -3.06. The lowest BCUT2D eigenvalue weighted by Gasteiger charge is -2.38. The predicted octanol–water partition coefficient (Wildman–Crippen LogP) is 4.47. The molecule has 0 radical (unpaired) electrons. The molecule has 2 aliphatic heterocycles. The number of aromatic hydroxyl groups is 2. The standard InChI is InChI=1S/C30H20N2O6/c33-23-15-7-5-13-21(23)25(31-27(35)17-9-1-2-10-18(17)28(31)36)26(22-14-6-8-16-24(22)34)32-29(37)19-11-3-4-12-20(19)30(32)38/h1-16,25-26,33-34H/t25-,26-/m0/s1. The van der Waals surface area contributed by atoms with Crippen LogP contribution in [0.1, 0.15) is 64.6 Å². The lowest BCUT2D eigenvalue weighted by Crippen LogP contribution is -2.45. The number of fused-ring (bicyclic) bond motifs is 2. The van der Waals surface area contributed by atoms with Crippen LogP contribution in [0.4, 0.5) is 0 Å². The summed E-state index contributed by atoms with van der Waals surface area (Å²) in [5.41, 5.74) is 0.916. The van der Waals surface area contributed by atoms with E-state index in [1.165, 1.54) is 48.5 Å². The van der Waals surface area contributed by atoms with Gasteiger partial charge in [-0.05, 0) is 36.4 Å². The Morgan fingerprint density at radius 1 is 0.421 bits per heavy atom. The number of hydrogen-bond acceptors (Lipinski definition) is 6. The summed E-state index contributed by atoms with van der Waals surface area (Å²) >= 11 is 0. The summed E-state index contributed by atoms with van der Waals surface area (Å²) in [6, 6.07) is 22.1. The number of nitrogens with zero attached hydrogens (tertiary/aromatic N) is 2. The molecular formula is C30H20N2O6. The molecule has 4 aromatic carbocycles. The largest absolute Gasteiger partial charge is 0.508 e. The highest BCUT2D eigenvalue weighted by atomic mass is 16.3. The summed E-state index contributed by atoms with van der Waals surface area (Å²) in [6.07, 6.45) is 0. The molecule has 0 aromatic heterocycles. The van der Waals surface area contributed by atoms with Gasteiger partial charge in [0.05, 0.1) is 34.3 Å². The molecular weight excluding hydrogens is 484 g/mol. The van der Waals surface area contributed by atoms with Crippen molar-refractivity contribution in [1.82, 2.24) is 9.80 Å². The fraction of sp³-hybridized carbons (Fsp3) is 0.0667. The van der Waals surface area contributed by atoms with Gasteiger partial charge in [0.1, 0.15) is 11.5 Å². The molecule has 0 spiro atoms. The molecule has 2 atom stereocenters. The Balaban J connectivity index is 1.63. The van der Waals surface area contributed by atoms with Crippen molar-refractivity contribution in [1.29, 1.82) is 0 Å². The van der Waals surface area contributed by atoms with Crippen molar-refractivity contribution in [3.8, 4) is 11.5 Å². The van der Waals surface area contributed by atoms with Crippen molar-refractivity contribution in [2.45, 2.75) is 12.1 Å². The third kappa shape index (κ3) is 3.31. The number of benzene rings is 4. The maximum Gasteiger partial charge on any atom is 0.262 e. The van der Waals surface area contributed by atoms with Crippen LogP contribution in [0.15, 0.2) is 97.1 Å². The normalized spacial score (nSPS) is 16.0. The van der Waals surface area contributed by atoms with E-state index in [1.807, 2.05) is 0 Å². The van der Waals surface area contributed by atoms with Crippen LogP contribution in [0.5, 0.6) is 11.5 Å². The molecule has 2 aliphatic rings. The summed E-state index contributed by atoms with van der Waals surface area (Å²) in [5, 5.41) is 21.9. The van der Waals surface area contributed by atoms with Crippen LogP contribution in [0, 0.1) is 0 Å². The highest BCUT2D eigenvalue weighted by molar-refractivity contribution is 6.23. The van der Waals surface area contributed by atoms with Crippen molar-refractivity contribution < 1.29 is 29.4 Å². The number of para-hydroxylation sites is 2. The number of phenolic OH excluding ortho intramolecular Hbond substituents is 2. The second kappa shape index (κ2) is 8.70. The Kier molecular flexibility index (Phi) is 5.31. The first-order valence-electron chi connectivity index (χ1n) is 11.9. The van der Waals surface area contributed by atoms with Crippen molar-refractivity contribution in [2.24, 2.45) is 0 Å². The van der Waals surface area contributed by atoms with E-state index in [4.69, 9.17) is 0 Å². The van der Waals surface area contributed by atoms with Gasteiger partial charge >= 0.3 is 0 Å². The van der Waals surface area contributed by atoms with E-state index in [-0.39, 0.29) is 44.9 Å². The van der Waals surface area contributed by atoms with Crippen LogP contribution in [0.25, 0.3) is 0 Å². The molecule has 4 aromatic rings. The predicted molar refractivity (Wildman–Crippen MR) is 136 cm³/mol. The zero-order valence-electron chi connectivity index (χ0n) is 19.8. The summed E-state index contributed by atoms with van der Waals surface area (Å²) < 4.78 is 0. The lowest BCUT2D eigenvalue weighted by molar-refractivity contribution is 0.0350. The lowest BCUT2D eigenvalue weighted by atomic mass is 9.89. The zero-order chi connectivity index (χ0) is 26.6. The highest BCUT2D eigenvalue weighted by Gasteiger charge is 2.51. The number of carbonyl (C=O) groups is 4. The third-order valence-corrected chi connectivity index (χ3v) is 7.02. The van der Waals surface area contributed by atoms with Crippen molar-refractivity contribution in [3.63, 3.8) is 0 Å². The Morgan fingerprint density at radius 2 is 0.684 bits per heavy atom. The molecule has 2 N–H and O–H groups in total. The average Bonchev–Trinajstić information content (AvgIpc) is 3.33. The highest BCUT2D eigenvalue weighted by Crippen LogP contribution is 2.48. The van der Waals surface area contributed by atoms with Crippen LogP contribution in [0.2, 0.25) is 0 Å². The molecule has 8 nitrogen and oxygen atoms in total. The molecule has 4 amide bonds. The van der Waals surface area contributed by atoms with Gasteiger partial charge < -0.3 is 10.2 Å². The van der Waals surface area contributed by atoms with Gasteiger partial charge in [0.25, 0.3) is 23.6 Å². The second-order valence-electron chi connectivity index (χ2n) is 9.06. The molecule has 0 fully saturated rings. The number of carbonyl (C=O) groups excluding carboxylic acids is 4. The number of imide groups is 2. The Hall–Kier alpha value is -5.24. The molecule has 8 heteroatoms. The average molecular weight is 504 g/mol. The molecule has 38 heavy (non-hydrogen) atoms. The van der Waals surface area contributed by atoms with E-state index in [9.17, 15) is 29.4 Å². The monoisotopic (exact) mass is 504 g/mol. The van der Waals surface area contributed by atoms with Crippen molar-refractivity contribution >= 4 is 23.6 Å². The van der Waals surface area contributed by atoms with Crippen LogP contribution >= 0.6 is 0 Å². The first-order chi connectivity index (χ1) is 18.4. The minimum atomic E-state index is -1.36. The number of amides is 4. The summed E-state index contributed by atoms with van der Waals surface area (Å²) in [4.78, 5) is 56.8. The molecule has 6 rings (SSSR count). The smallest absolute Gasteiger partial charge is 0.262 e. The van der Waals surface area contributed by atoms with E-state index in [1.54, 1.807) is 48.5 Å². The summed E-state index contributed by atoms with van der Waals surface area (Å²) in [6.45, 7) is 0. The number of hydrogen-bond donors (Lipinski definition) is 2. The Labute approximate surface area is 217 Å². The quantitative estimate of drug-likeness (QED) is 0.388.